The van der Waals surface area contributed by atoms with Crippen molar-refractivity contribution in [2.24, 2.45) is 0 Å². The third kappa shape index (κ3) is 2.24. The van der Waals surface area contributed by atoms with Gasteiger partial charge in [-0.2, -0.15) is 5.26 Å². The molecule has 0 unspecified atom stereocenters. The minimum atomic E-state index is 0.487. The first-order valence-corrected chi connectivity index (χ1v) is 4.63. The highest BCUT2D eigenvalue weighted by Gasteiger charge is 2.04. The van der Waals surface area contributed by atoms with E-state index in [4.69, 9.17) is 5.26 Å². The van der Waals surface area contributed by atoms with Crippen LogP contribution in [0.2, 0.25) is 0 Å². The van der Waals surface area contributed by atoms with Gasteiger partial charge in [0.05, 0.1) is 0 Å². The predicted molar refractivity (Wildman–Crippen MR) is 49.9 cm³/mol. The fourth-order valence-electron chi connectivity index (χ4n) is 0.824. The lowest BCUT2D eigenvalue weighted by Crippen LogP contribution is -1.90. The lowest BCUT2D eigenvalue weighted by Gasteiger charge is -2.04. The van der Waals surface area contributed by atoms with E-state index < -0.39 is 0 Å². The Morgan fingerprint density at radius 2 is 2.33 bits per heavy atom. The topological polar surface area (TPSA) is 36.7 Å². The number of rotatable bonds is 2. The molecule has 0 aliphatic carbocycles. The van der Waals surface area contributed by atoms with Crippen LogP contribution in [0.4, 0.5) is 0 Å². The third-order valence-electron chi connectivity index (χ3n) is 1.24. The quantitative estimate of drug-likeness (QED) is 0.653. The molecule has 0 N–H and O–H groups in total. The molecule has 12 heavy (non-hydrogen) atoms. The van der Waals surface area contributed by atoms with Crippen molar-refractivity contribution in [3.8, 4) is 6.07 Å². The van der Waals surface area contributed by atoms with E-state index in [0.29, 0.717) is 10.9 Å². The van der Waals surface area contributed by atoms with Gasteiger partial charge in [0.2, 0.25) is 0 Å². The smallest absolute Gasteiger partial charge is 0.153 e. The number of aromatic nitrogens is 1. The van der Waals surface area contributed by atoms with E-state index in [-0.39, 0.29) is 0 Å². The predicted octanol–water partition coefficient (Wildman–Crippen LogP) is 2.45. The van der Waals surface area contributed by atoms with Crippen LogP contribution in [0.1, 0.15) is 19.5 Å². The zero-order valence-electron chi connectivity index (χ0n) is 7.11. The standard InChI is InChI=1S/C9H10N2S/c1-7(2)12-9-4-3-5-11-8(9)6-10/h3-5,7H,1-2H3. The van der Waals surface area contributed by atoms with Gasteiger partial charge in [0.1, 0.15) is 6.07 Å². The van der Waals surface area contributed by atoms with Gasteiger partial charge in [-0.05, 0) is 12.1 Å². The molecule has 0 aromatic carbocycles. The molecule has 0 fully saturated rings. The zero-order valence-corrected chi connectivity index (χ0v) is 7.93. The number of nitriles is 1. The van der Waals surface area contributed by atoms with E-state index in [1.165, 1.54) is 0 Å². The Bertz CT molecular complexity index is 302. The molecule has 0 saturated heterocycles. The molecule has 1 heterocycles. The first-order valence-electron chi connectivity index (χ1n) is 3.76. The van der Waals surface area contributed by atoms with Gasteiger partial charge in [0.15, 0.2) is 5.69 Å². The van der Waals surface area contributed by atoms with Crippen LogP contribution in [0, 0.1) is 11.3 Å². The Balaban J connectivity index is 2.91. The van der Waals surface area contributed by atoms with Crippen LogP contribution in [0.15, 0.2) is 23.2 Å². The average molecular weight is 178 g/mol. The number of nitrogens with zero attached hydrogens (tertiary/aromatic N) is 2. The summed E-state index contributed by atoms with van der Waals surface area (Å²) in [6, 6.07) is 5.85. The molecule has 62 valence electrons. The van der Waals surface area contributed by atoms with E-state index in [2.05, 4.69) is 24.9 Å². The Morgan fingerprint density at radius 1 is 1.58 bits per heavy atom. The number of pyridine rings is 1. The van der Waals surface area contributed by atoms with Gasteiger partial charge < -0.3 is 0 Å². The lowest BCUT2D eigenvalue weighted by atomic mass is 10.4. The van der Waals surface area contributed by atoms with Crippen molar-refractivity contribution < 1.29 is 0 Å². The molecule has 0 spiro atoms. The fraction of sp³-hybridized carbons (Fsp3) is 0.333. The average Bonchev–Trinajstić information content (AvgIpc) is 2.04. The maximum Gasteiger partial charge on any atom is 0.153 e. The van der Waals surface area contributed by atoms with Crippen LogP contribution in [-0.4, -0.2) is 10.2 Å². The van der Waals surface area contributed by atoms with Gasteiger partial charge in [-0.3, -0.25) is 0 Å². The van der Waals surface area contributed by atoms with E-state index in [0.717, 1.165) is 4.90 Å². The summed E-state index contributed by atoms with van der Waals surface area (Å²) in [5.74, 6) is 0. The Morgan fingerprint density at radius 3 is 2.92 bits per heavy atom. The minimum Gasteiger partial charge on any atom is -0.244 e. The second-order valence-corrected chi connectivity index (χ2v) is 4.25. The first-order chi connectivity index (χ1) is 5.74. The van der Waals surface area contributed by atoms with Crippen molar-refractivity contribution in [2.45, 2.75) is 24.0 Å². The molecule has 3 heteroatoms. The summed E-state index contributed by atoms with van der Waals surface area (Å²) in [5.41, 5.74) is 0.524. The molecule has 0 saturated carbocycles. The van der Waals surface area contributed by atoms with E-state index in [1.54, 1.807) is 18.0 Å². The van der Waals surface area contributed by atoms with E-state index in [9.17, 15) is 0 Å². The van der Waals surface area contributed by atoms with Gasteiger partial charge in [-0.15, -0.1) is 11.8 Å². The molecule has 2 nitrogen and oxygen atoms in total. The molecular weight excluding hydrogens is 168 g/mol. The Kier molecular flexibility index (Phi) is 3.12. The Hall–Kier alpha value is -1.01. The second-order valence-electron chi connectivity index (χ2n) is 2.63. The molecule has 1 aromatic heterocycles. The van der Waals surface area contributed by atoms with Crippen LogP contribution in [0.25, 0.3) is 0 Å². The van der Waals surface area contributed by atoms with Crippen LogP contribution in [0.3, 0.4) is 0 Å². The largest absolute Gasteiger partial charge is 0.244 e. The summed E-state index contributed by atoms with van der Waals surface area (Å²) in [6.45, 7) is 4.19. The van der Waals surface area contributed by atoms with Crippen molar-refractivity contribution in [1.82, 2.24) is 4.98 Å². The Labute approximate surface area is 76.6 Å². The molecule has 1 rings (SSSR count). The van der Waals surface area contributed by atoms with Gasteiger partial charge in [0, 0.05) is 16.3 Å². The second kappa shape index (κ2) is 4.13. The highest BCUT2D eigenvalue weighted by Crippen LogP contribution is 2.24. The SMILES string of the molecule is CC(C)Sc1cccnc1C#N. The molecule has 0 radical (unpaired) electrons. The third-order valence-corrected chi connectivity index (χ3v) is 2.29. The van der Waals surface area contributed by atoms with Crippen molar-refractivity contribution in [2.75, 3.05) is 0 Å². The summed E-state index contributed by atoms with van der Waals surface area (Å²) in [5, 5.41) is 9.19. The summed E-state index contributed by atoms with van der Waals surface area (Å²) in [6.07, 6.45) is 1.64. The van der Waals surface area contributed by atoms with Crippen LogP contribution in [0.5, 0.6) is 0 Å². The maximum absolute atomic E-state index is 8.71. The van der Waals surface area contributed by atoms with Crippen molar-refractivity contribution >= 4 is 11.8 Å². The van der Waals surface area contributed by atoms with Crippen molar-refractivity contribution in [3.05, 3.63) is 24.0 Å². The van der Waals surface area contributed by atoms with Crippen LogP contribution in [-0.2, 0) is 0 Å². The summed E-state index contributed by atoms with van der Waals surface area (Å²) in [4.78, 5) is 4.94. The van der Waals surface area contributed by atoms with Crippen molar-refractivity contribution in [1.29, 1.82) is 5.26 Å². The van der Waals surface area contributed by atoms with E-state index in [1.807, 2.05) is 12.1 Å². The molecule has 0 atom stereocenters. The molecular formula is C9H10N2S. The molecule has 0 aliphatic rings. The molecule has 0 bridgehead atoms. The summed E-state index contributed by atoms with van der Waals surface area (Å²) < 4.78 is 0. The lowest BCUT2D eigenvalue weighted by molar-refractivity contribution is 1.10. The van der Waals surface area contributed by atoms with Gasteiger partial charge >= 0.3 is 0 Å². The van der Waals surface area contributed by atoms with Gasteiger partial charge in [-0.25, -0.2) is 4.98 Å². The maximum atomic E-state index is 8.71. The summed E-state index contributed by atoms with van der Waals surface area (Å²) >= 11 is 1.66. The summed E-state index contributed by atoms with van der Waals surface area (Å²) in [7, 11) is 0. The fourth-order valence-corrected chi connectivity index (χ4v) is 1.70. The highest BCUT2D eigenvalue weighted by molar-refractivity contribution is 8.00. The number of hydrogen-bond acceptors (Lipinski definition) is 3. The number of thioether (sulfide) groups is 1. The monoisotopic (exact) mass is 178 g/mol. The van der Waals surface area contributed by atoms with Crippen molar-refractivity contribution in [3.63, 3.8) is 0 Å². The zero-order chi connectivity index (χ0) is 8.97. The molecule has 0 aliphatic heterocycles. The van der Waals surface area contributed by atoms with Gasteiger partial charge in [-0.1, -0.05) is 13.8 Å². The van der Waals surface area contributed by atoms with E-state index >= 15 is 0 Å². The molecule has 1 aromatic rings. The minimum absolute atomic E-state index is 0.487. The normalized spacial score (nSPS) is 9.83. The molecule has 0 amide bonds. The number of hydrogen-bond donors (Lipinski definition) is 0. The first kappa shape index (κ1) is 9.08. The van der Waals surface area contributed by atoms with Gasteiger partial charge in [0.25, 0.3) is 0 Å². The highest BCUT2D eigenvalue weighted by atomic mass is 32.2. The van der Waals surface area contributed by atoms with Crippen LogP contribution < -0.4 is 0 Å². The van der Waals surface area contributed by atoms with Crippen LogP contribution >= 0.6 is 11.8 Å².